The molecular formula is C73H115N9O14. The molecule has 0 aromatic heterocycles. The van der Waals surface area contributed by atoms with Crippen molar-refractivity contribution < 1.29 is 67.0 Å². The van der Waals surface area contributed by atoms with Crippen molar-refractivity contribution in [3.05, 3.63) is 65.7 Å². The van der Waals surface area contributed by atoms with Crippen molar-refractivity contribution in [2.45, 2.75) is 208 Å². The molecule has 0 bridgehead atoms. The lowest BCUT2D eigenvalue weighted by Crippen LogP contribution is -2.54. The van der Waals surface area contributed by atoms with Crippen LogP contribution in [0.1, 0.15) is 164 Å². The zero-order valence-corrected chi connectivity index (χ0v) is 60.2. The Balaban J connectivity index is 1.43. The van der Waals surface area contributed by atoms with Crippen molar-refractivity contribution in [2.24, 2.45) is 59.0 Å². The molecule has 0 unspecified atom stereocenters. The molecule has 8 amide bonds. The number of nitrogens with zero attached hydrogens (tertiary/aromatic N) is 4. The zero-order valence-electron chi connectivity index (χ0n) is 60.2. The number of amides is 8. The van der Waals surface area contributed by atoms with Crippen LogP contribution >= 0.6 is 0 Å². The van der Waals surface area contributed by atoms with E-state index in [9.17, 15) is 52.7 Å². The van der Waals surface area contributed by atoms with E-state index in [1.54, 1.807) is 73.9 Å². The maximum atomic E-state index is 14.7. The number of esters is 1. The van der Waals surface area contributed by atoms with Gasteiger partial charge in [0.1, 0.15) is 5.78 Å². The summed E-state index contributed by atoms with van der Waals surface area (Å²) in [6.45, 7) is 20.2. The van der Waals surface area contributed by atoms with Crippen LogP contribution in [0.3, 0.4) is 0 Å². The summed E-state index contributed by atoms with van der Waals surface area (Å²) in [5.74, 6) is -6.51. The van der Waals surface area contributed by atoms with Crippen LogP contribution in [0, 0.1) is 53.3 Å². The molecule has 2 aliphatic rings. The SMILES string of the molecule is CC[C@H](C)[C@@H]([C@@H](CC(=O)N1CCC[C@H]1[C@H](OC)[C@@H](C)C(=O)C[C@@H](Cc1ccccc1)C(=O)NCc1ccc(NC(=O)[C@H](CCCNC(N)=O)CC(=O)[C@@H](NC(=O)CCC(=O)N2CC[C@@H](C(=O)OC)C[C@H]2C)C(C)C)cc1)OC)N(C)C(=O)[C@@H](CC(=O)[C@H](C(C)C)N(C)C)C(C)C. The third-order valence-electron chi connectivity index (χ3n) is 19.7. The van der Waals surface area contributed by atoms with Crippen molar-refractivity contribution >= 4 is 70.5 Å². The minimum Gasteiger partial charge on any atom is -0.469 e. The second kappa shape index (κ2) is 39.9. The maximum absolute atomic E-state index is 14.7. The monoisotopic (exact) mass is 1340 g/mol. The van der Waals surface area contributed by atoms with Gasteiger partial charge < -0.3 is 55.9 Å². The van der Waals surface area contributed by atoms with E-state index in [0.29, 0.717) is 62.9 Å². The number of nitrogens with one attached hydrogen (secondary N) is 4. The van der Waals surface area contributed by atoms with Crippen molar-refractivity contribution in [3.63, 3.8) is 0 Å². The molecule has 0 spiro atoms. The second-order valence-electron chi connectivity index (χ2n) is 28.0. The average Bonchev–Trinajstić information content (AvgIpc) is 1.53. The molecule has 4 rings (SSSR count). The smallest absolute Gasteiger partial charge is 0.312 e. The summed E-state index contributed by atoms with van der Waals surface area (Å²) in [6, 6.07) is 13.1. The Morgan fingerprint density at radius 1 is 0.677 bits per heavy atom. The zero-order chi connectivity index (χ0) is 71.7. The van der Waals surface area contributed by atoms with Crippen molar-refractivity contribution in [1.29, 1.82) is 0 Å². The Bertz CT molecular complexity index is 2880. The highest BCUT2D eigenvalue weighted by Crippen LogP contribution is 2.33. The van der Waals surface area contributed by atoms with Crippen LogP contribution in [0.4, 0.5) is 10.5 Å². The fraction of sp³-hybridized carbons (Fsp3) is 0.685. The van der Waals surface area contributed by atoms with E-state index in [1.165, 1.54) is 14.2 Å². The van der Waals surface area contributed by atoms with Gasteiger partial charge in [-0.25, -0.2) is 4.79 Å². The first kappa shape index (κ1) is 81.3. The average molecular weight is 1340 g/mol. The molecule has 2 aliphatic heterocycles. The van der Waals surface area contributed by atoms with Gasteiger partial charge in [-0.15, -0.1) is 0 Å². The van der Waals surface area contributed by atoms with E-state index in [4.69, 9.17) is 19.9 Å². The third-order valence-corrected chi connectivity index (χ3v) is 19.7. The summed E-state index contributed by atoms with van der Waals surface area (Å²) >= 11 is 0. The van der Waals surface area contributed by atoms with E-state index in [1.807, 2.05) is 97.8 Å². The molecule has 23 heteroatoms. The summed E-state index contributed by atoms with van der Waals surface area (Å²) in [6.07, 6.45) is 1.74. The number of Topliss-reactive ketones (excluding diaryl/α,β-unsaturated/α-hetero) is 3. The van der Waals surface area contributed by atoms with Crippen LogP contribution in [0.5, 0.6) is 0 Å². The summed E-state index contributed by atoms with van der Waals surface area (Å²) in [4.78, 5) is 157. The first-order chi connectivity index (χ1) is 45.4. The Hall–Kier alpha value is -7.11. The number of ether oxygens (including phenoxy) is 3. The van der Waals surface area contributed by atoms with Gasteiger partial charge in [-0.1, -0.05) is 111 Å². The molecule has 0 aliphatic carbocycles. The molecular weight excluding hydrogens is 1230 g/mol. The Labute approximate surface area is 570 Å². The molecule has 2 heterocycles. The number of carbonyl (C=O) groups excluding carboxylic acids is 11. The summed E-state index contributed by atoms with van der Waals surface area (Å²) in [5.41, 5.74) is 7.26. The first-order valence-electron chi connectivity index (χ1n) is 34.7. The van der Waals surface area contributed by atoms with Gasteiger partial charge >= 0.3 is 12.0 Å². The predicted octanol–water partition coefficient (Wildman–Crippen LogP) is 7.54. The molecule has 13 atom stereocenters. The van der Waals surface area contributed by atoms with Gasteiger partial charge in [0, 0.05) is 115 Å². The van der Waals surface area contributed by atoms with Crippen molar-refractivity contribution in [1.82, 2.24) is 35.6 Å². The van der Waals surface area contributed by atoms with Gasteiger partial charge in [-0.3, -0.25) is 52.8 Å². The van der Waals surface area contributed by atoms with Crippen LogP contribution in [0.25, 0.3) is 0 Å². The standard InChI is InChI=1S/C73H115N9O14/c1-17-47(8)67(80(13)71(91)56(44(2)3)41-60(85)66(46(6)7)79(11)12)61(94-14)42-64(88)82-35-22-26-57(82)68(95-15)49(10)58(83)40-54(38-50-23-19-18-20-24-50)69(89)76-43-51-27-29-55(30-28-51)77-70(90)52(25-21-34-75-73(74)93)39-59(84)65(45(4)5)78-62(86)31-32-63(87)81-36-33-53(37-48(81)9)72(92)96-16/h18-20,23-24,27-30,44-49,52-54,56-57,61,65-68H,17,21-22,25-26,31-43H2,1-16H3,(H,76,89)(H,77,90)(H,78,86)(H3,74,75,93)/t47-,48+,49-,52+,53+,54+,56-,57-,61+,65-,66-,67-,68+/m0/s1. The summed E-state index contributed by atoms with van der Waals surface area (Å²) < 4.78 is 17.2. The van der Waals surface area contributed by atoms with Gasteiger partial charge in [0.15, 0.2) is 11.6 Å². The molecule has 2 fully saturated rings. The van der Waals surface area contributed by atoms with E-state index in [-0.39, 0.29) is 153 Å². The van der Waals surface area contributed by atoms with Crippen molar-refractivity contribution in [2.75, 3.05) is 67.4 Å². The fourth-order valence-electron chi connectivity index (χ4n) is 14.1. The number of carbonyl (C=O) groups is 11. The van der Waals surface area contributed by atoms with Crippen LogP contribution < -0.4 is 27.0 Å². The number of piperidine rings is 1. The van der Waals surface area contributed by atoms with Gasteiger partial charge in [-0.05, 0) is 113 Å². The number of methoxy groups -OCH3 is 3. The number of likely N-dealkylation sites (tertiary alicyclic amines) is 2. The van der Waals surface area contributed by atoms with Gasteiger partial charge in [0.05, 0.1) is 55.8 Å². The van der Waals surface area contributed by atoms with Gasteiger partial charge in [0.25, 0.3) is 0 Å². The fourth-order valence-corrected chi connectivity index (χ4v) is 14.1. The normalized spacial score (nSPS) is 18.9. The van der Waals surface area contributed by atoms with E-state index in [0.717, 1.165) is 5.56 Å². The quantitative estimate of drug-likeness (QED) is 0.0318. The number of hydrogen-bond acceptors (Lipinski definition) is 15. The molecule has 0 saturated carbocycles. The summed E-state index contributed by atoms with van der Waals surface area (Å²) in [5, 5.41) is 11.2. The van der Waals surface area contributed by atoms with Crippen LogP contribution in [-0.4, -0.2) is 189 Å². The number of ketones is 3. The molecule has 536 valence electrons. The highest BCUT2D eigenvalue weighted by molar-refractivity contribution is 5.98. The molecule has 2 aromatic rings. The lowest BCUT2D eigenvalue weighted by Gasteiger charge is -2.41. The number of nitrogens with two attached hydrogens (primary N) is 1. The molecule has 96 heavy (non-hydrogen) atoms. The molecule has 0 radical (unpaired) electrons. The number of anilines is 1. The molecule has 2 aromatic carbocycles. The maximum Gasteiger partial charge on any atom is 0.312 e. The minimum absolute atomic E-state index is 0.0121. The van der Waals surface area contributed by atoms with E-state index >= 15 is 0 Å². The highest BCUT2D eigenvalue weighted by Gasteiger charge is 2.44. The van der Waals surface area contributed by atoms with E-state index in [2.05, 4.69) is 21.3 Å². The number of primary amides is 1. The molecule has 2 saturated heterocycles. The Morgan fingerprint density at radius 2 is 1.33 bits per heavy atom. The summed E-state index contributed by atoms with van der Waals surface area (Å²) in [7, 11) is 9.93. The van der Waals surface area contributed by atoms with Crippen molar-refractivity contribution in [3.8, 4) is 0 Å². The Kier molecular flexibility index (Phi) is 33.8. The Morgan fingerprint density at radius 3 is 1.90 bits per heavy atom. The second-order valence-corrected chi connectivity index (χ2v) is 28.0. The van der Waals surface area contributed by atoms with Crippen LogP contribution in [0.15, 0.2) is 54.6 Å². The molecule has 6 N–H and O–H groups in total. The van der Waals surface area contributed by atoms with E-state index < -0.39 is 71.9 Å². The first-order valence-corrected chi connectivity index (χ1v) is 34.7. The number of urea groups is 1. The predicted molar refractivity (Wildman–Crippen MR) is 368 cm³/mol. The lowest BCUT2D eigenvalue weighted by molar-refractivity contribution is -0.150. The number of likely N-dealkylation sites (N-methyl/N-ethyl adjacent to an activating group) is 2. The van der Waals surface area contributed by atoms with Gasteiger partial charge in [-0.2, -0.15) is 0 Å². The number of rotatable bonds is 40. The topological polar surface area (TPSA) is 303 Å². The number of hydrogen-bond donors (Lipinski definition) is 5. The third kappa shape index (κ3) is 24.2. The lowest BCUT2D eigenvalue weighted by atomic mass is 9.83. The molecule has 23 nitrogen and oxygen atoms in total. The number of benzene rings is 2. The van der Waals surface area contributed by atoms with Crippen LogP contribution in [-0.2, 0) is 75.1 Å². The van der Waals surface area contributed by atoms with Gasteiger partial charge in [0.2, 0.25) is 35.4 Å². The van der Waals surface area contributed by atoms with Crippen LogP contribution in [0.2, 0.25) is 0 Å². The minimum atomic E-state index is -0.961. The largest absolute Gasteiger partial charge is 0.469 e. The highest BCUT2D eigenvalue weighted by atomic mass is 16.5.